The average Bonchev–Trinajstić information content (AvgIpc) is 2.78. The van der Waals surface area contributed by atoms with Gasteiger partial charge in [0.25, 0.3) is 0 Å². The molecule has 0 saturated heterocycles. The number of rotatable bonds is 3. The molecule has 0 fully saturated rings. The van der Waals surface area contributed by atoms with Crippen LogP contribution in [0.4, 0.5) is 0 Å². The van der Waals surface area contributed by atoms with Gasteiger partial charge in [-0.25, -0.2) is 0 Å². The number of aryl methyl sites for hydroxylation is 1. The number of Topliss-reactive ketones (excluding diaryl/α,β-unsaturated/α-hetero) is 1. The van der Waals surface area contributed by atoms with Crippen LogP contribution in [-0.2, 0) is 0 Å². The van der Waals surface area contributed by atoms with E-state index in [1.807, 2.05) is 28.2 Å². The second-order valence-electron chi connectivity index (χ2n) is 4.85. The fourth-order valence-electron chi connectivity index (χ4n) is 2.22. The highest BCUT2D eigenvalue weighted by Gasteiger charge is 2.13. The van der Waals surface area contributed by atoms with E-state index in [1.165, 1.54) is 5.56 Å². The third kappa shape index (κ3) is 2.37. The zero-order valence-electron chi connectivity index (χ0n) is 11.5. The van der Waals surface area contributed by atoms with Gasteiger partial charge in [0.1, 0.15) is 0 Å². The molecular weight excluding hydrogens is 266 g/mol. The number of fused-ring (bicyclic) bond motifs is 1. The largest absolute Gasteiger partial charge is 0.293 e. The molecule has 0 aliphatic heterocycles. The van der Waals surface area contributed by atoms with Gasteiger partial charge < -0.3 is 0 Å². The van der Waals surface area contributed by atoms with Crippen LogP contribution in [0.1, 0.15) is 23.0 Å². The third-order valence-electron chi connectivity index (χ3n) is 3.22. The van der Waals surface area contributed by atoms with Crippen LogP contribution in [0.15, 0.2) is 59.5 Å². The predicted octanol–water partition coefficient (Wildman–Crippen LogP) is 4.71. The zero-order valence-corrected chi connectivity index (χ0v) is 12.3. The summed E-state index contributed by atoms with van der Waals surface area (Å²) in [7, 11) is 0. The molecule has 20 heavy (non-hydrogen) atoms. The standard InChI is InChI=1S/C17H15NOS/c1-12-8-9-14-11-16(13(2)19)18(17(14)10-12)20-15-6-4-3-5-7-15/h3-11H,1-2H3. The maximum atomic E-state index is 11.9. The highest BCUT2D eigenvalue weighted by molar-refractivity contribution is 7.98. The summed E-state index contributed by atoms with van der Waals surface area (Å²) < 4.78 is 2.03. The molecule has 0 spiro atoms. The molecule has 3 heteroatoms. The molecule has 0 N–H and O–H groups in total. The molecule has 0 aliphatic rings. The Hall–Kier alpha value is -2.00. The van der Waals surface area contributed by atoms with Crippen LogP contribution < -0.4 is 0 Å². The van der Waals surface area contributed by atoms with Crippen molar-refractivity contribution in [1.29, 1.82) is 0 Å². The minimum atomic E-state index is 0.0854. The van der Waals surface area contributed by atoms with Gasteiger partial charge in [-0.1, -0.05) is 30.3 Å². The molecular formula is C17H15NOS. The van der Waals surface area contributed by atoms with Crippen molar-refractivity contribution in [2.24, 2.45) is 0 Å². The number of ketones is 1. The monoisotopic (exact) mass is 281 g/mol. The lowest BCUT2D eigenvalue weighted by Crippen LogP contribution is -1.99. The first-order valence-electron chi connectivity index (χ1n) is 6.51. The van der Waals surface area contributed by atoms with E-state index in [4.69, 9.17) is 0 Å². The number of hydrogen-bond acceptors (Lipinski definition) is 2. The van der Waals surface area contributed by atoms with Gasteiger partial charge in [0.2, 0.25) is 0 Å². The molecule has 1 aromatic heterocycles. The third-order valence-corrected chi connectivity index (χ3v) is 4.28. The van der Waals surface area contributed by atoms with Crippen molar-refractivity contribution >= 4 is 28.6 Å². The maximum Gasteiger partial charge on any atom is 0.177 e. The predicted molar refractivity (Wildman–Crippen MR) is 84.4 cm³/mol. The Balaban J connectivity index is 2.18. The molecule has 100 valence electrons. The van der Waals surface area contributed by atoms with Crippen LogP contribution in [0, 0.1) is 6.92 Å². The first kappa shape index (κ1) is 13.0. The Kier molecular flexibility index (Phi) is 3.36. The summed E-state index contributed by atoms with van der Waals surface area (Å²) in [4.78, 5) is 13.0. The molecule has 2 aromatic carbocycles. The zero-order chi connectivity index (χ0) is 14.1. The first-order valence-corrected chi connectivity index (χ1v) is 7.29. The van der Waals surface area contributed by atoms with Crippen LogP contribution in [0.5, 0.6) is 0 Å². The highest BCUT2D eigenvalue weighted by atomic mass is 32.2. The van der Waals surface area contributed by atoms with E-state index in [0.29, 0.717) is 0 Å². The van der Waals surface area contributed by atoms with Gasteiger partial charge in [0.15, 0.2) is 5.78 Å². The minimum Gasteiger partial charge on any atom is -0.293 e. The van der Waals surface area contributed by atoms with Gasteiger partial charge in [-0.3, -0.25) is 8.77 Å². The van der Waals surface area contributed by atoms with E-state index in [-0.39, 0.29) is 5.78 Å². The summed E-state index contributed by atoms with van der Waals surface area (Å²) in [5.41, 5.74) is 3.02. The van der Waals surface area contributed by atoms with Crippen molar-refractivity contribution in [3.8, 4) is 0 Å². The summed E-state index contributed by atoms with van der Waals surface area (Å²) in [6.07, 6.45) is 0. The van der Waals surface area contributed by atoms with Crippen LogP contribution in [-0.4, -0.2) is 9.76 Å². The summed E-state index contributed by atoms with van der Waals surface area (Å²) in [6.45, 7) is 3.68. The summed E-state index contributed by atoms with van der Waals surface area (Å²) in [5, 5.41) is 1.10. The van der Waals surface area contributed by atoms with Crippen molar-refractivity contribution in [3.05, 3.63) is 65.9 Å². The number of hydrogen-bond donors (Lipinski definition) is 0. The lowest BCUT2D eigenvalue weighted by molar-refractivity contribution is 0.101. The minimum absolute atomic E-state index is 0.0854. The van der Waals surface area contributed by atoms with Crippen LogP contribution in [0.25, 0.3) is 10.9 Å². The first-order chi connectivity index (χ1) is 9.65. The Morgan fingerprint density at radius 1 is 1.05 bits per heavy atom. The quantitative estimate of drug-likeness (QED) is 0.649. The molecule has 0 unspecified atom stereocenters. The number of aromatic nitrogens is 1. The van der Waals surface area contributed by atoms with Crippen LogP contribution in [0.2, 0.25) is 0 Å². The van der Waals surface area contributed by atoms with Crippen LogP contribution >= 0.6 is 11.9 Å². The van der Waals surface area contributed by atoms with E-state index < -0.39 is 0 Å². The van der Waals surface area contributed by atoms with Crippen molar-refractivity contribution in [3.63, 3.8) is 0 Å². The molecule has 0 amide bonds. The normalized spacial score (nSPS) is 10.9. The number of carbonyl (C=O) groups excluding carboxylic acids is 1. The molecule has 0 radical (unpaired) electrons. The molecule has 0 aliphatic carbocycles. The second kappa shape index (κ2) is 5.17. The number of benzene rings is 2. The van der Waals surface area contributed by atoms with Gasteiger partial charge in [0.05, 0.1) is 11.2 Å². The van der Waals surface area contributed by atoms with Crippen molar-refractivity contribution < 1.29 is 4.79 Å². The van der Waals surface area contributed by atoms with E-state index in [1.54, 1.807) is 18.9 Å². The Bertz CT molecular complexity index is 774. The lowest BCUT2D eigenvalue weighted by Gasteiger charge is -2.08. The molecule has 3 aromatic rings. The molecule has 3 rings (SSSR count). The number of carbonyl (C=O) groups is 1. The van der Waals surface area contributed by atoms with Gasteiger partial charge in [0, 0.05) is 17.2 Å². The summed E-state index contributed by atoms with van der Waals surface area (Å²) in [6, 6.07) is 18.3. The van der Waals surface area contributed by atoms with E-state index in [9.17, 15) is 4.79 Å². The van der Waals surface area contributed by atoms with Gasteiger partial charge in [-0.15, -0.1) is 0 Å². The van der Waals surface area contributed by atoms with Crippen molar-refractivity contribution in [2.75, 3.05) is 0 Å². The van der Waals surface area contributed by atoms with E-state index >= 15 is 0 Å². The fourth-order valence-corrected chi connectivity index (χ4v) is 3.24. The van der Waals surface area contributed by atoms with E-state index in [0.717, 1.165) is 21.5 Å². The highest BCUT2D eigenvalue weighted by Crippen LogP contribution is 2.30. The molecule has 0 atom stereocenters. The lowest BCUT2D eigenvalue weighted by atomic mass is 10.2. The topological polar surface area (TPSA) is 22.0 Å². The smallest absolute Gasteiger partial charge is 0.177 e. The average molecular weight is 281 g/mol. The Morgan fingerprint density at radius 3 is 2.50 bits per heavy atom. The SMILES string of the molecule is CC(=O)c1cc2ccc(C)cc2n1Sc1ccccc1. The van der Waals surface area contributed by atoms with Gasteiger partial charge in [-0.2, -0.15) is 0 Å². The summed E-state index contributed by atoms with van der Waals surface area (Å²) >= 11 is 1.58. The van der Waals surface area contributed by atoms with Gasteiger partial charge in [-0.05, 0) is 48.7 Å². The molecule has 1 heterocycles. The Morgan fingerprint density at radius 2 is 1.80 bits per heavy atom. The maximum absolute atomic E-state index is 11.9. The second-order valence-corrected chi connectivity index (χ2v) is 5.87. The molecule has 2 nitrogen and oxygen atoms in total. The summed E-state index contributed by atoms with van der Waals surface area (Å²) in [5.74, 6) is 0.0854. The Labute approximate surface area is 122 Å². The van der Waals surface area contributed by atoms with Crippen molar-refractivity contribution in [2.45, 2.75) is 18.7 Å². The van der Waals surface area contributed by atoms with Crippen molar-refractivity contribution in [1.82, 2.24) is 3.97 Å². The molecule has 0 saturated carbocycles. The fraction of sp³-hybridized carbons (Fsp3) is 0.118. The van der Waals surface area contributed by atoms with Crippen LogP contribution in [0.3, 0.4) is 0 Å². The number of nitrogens with zero attached hydrogens (tertiary/aromatic N) is 1. The van der Waals surface area contributed by atoms with E-state index in [2.05, 4.69) is 37.3 Å². The van der Waals surface area contributed by atoms with Gasteiger partial charge >= 0.3 is 0 Å². The molecule has 0 bridgehead atoms.